The topological polar surface area (TPSA) is 68.2 Å². The summed E-state index contributed by atoms with van der Waals surface area (Å²) in [5.41, 5.74) is 7.44. The second-order valence-electron chi connectivity index (χ2n) is 7.51. The van der Waals surface area contributed by atoms with Crippen LogP contribution in [0.4, 0.5) is 11.4 Å². The number of hydroxylamine groups is 1. The van der Waals surface area contributed by atoms with Crippen molar-refractivity contribution < 1.29 is 9.63 Å². The first-order chi connectivity index (χ1) is 14.4. The lowest BCUT2D eigenvalue weighted by atomic mass is 10.1. The molecule has 2 aromatic carbocycles. The summed E-state index contributed by atoms with van der Waals surface area (Å²) in [6, 6.07) is 13.7. The van der Waals surface area contributed by atoms with Gasteiger partial charge in [0.05, 0.1) is 29.2 Å². The van der Waals surface area contributed by atoms with Crippen molar-refractivity contribution in [3.05, 3.63) is 67.5 Å². The molecule has 0 saturated heterocycles. The molecule has 4 rings (SSSR count). The van der Waals surface area contributed by atoms with Gasteiger partial charge in [-0.2, -0.15) is 5.10 Å². The lowest BCUT2D eigenvalue weighted by Crippen LogP contribution is -2.25. The van der Waals surface area contributed by atoms with Crippen molar-refractivity contribution in [1.82, 2.24) is 15.3 Å². The number of carbonyl (C=O) groups excluding carboxylic acids is 1. The van der Waals surface area contributed by atoms with Crippen LogP contribution in [0.5, 0.6) is 0 Å². The minimum absolute atomic E-state index is 0.288. The van der Waals surface area contributed by atoms with Gasteiger partial charge in [0, 0.05) is 19.4 Å². The van der Waals surface area contributed by atoms with Gasteiger partial charge in [0.1, 0.15) is 0 Å². The third-order valence-electron chi connectivity index (χ3n) is 4.87. The number of aromatic nitrogens is 2. The molecule has 1 aliphatic carbocycles. The molecule has 1 saturated carbocycles. The summed E-state index contributed by atoms with van der Waals surface area (Å²) in [5.74, 6) is 0.277. The van der Waals surface area contributed by atoms with Gasteiger partial charge < -0.3 is 5.32 Å². The van der Waals surface area contributed by atoms with Crippen LogP contribution in [0.3, 0.4) is 0 Å². The maximum Gasteiger partial charge on any atom is 0.276 e. The molecule has 8 heteroatoms. The number of amides is 1. The van der Waals surface area contributed by atoms with Crippen LogP contribution in [-0.4, -0.2) is 22.3 Å². The molecular formula is C22H22BrIN4O2. The van der Waals surface area contributed by atoms with E-state index in [1.807, 2.05) is 54.9 Å². The number of rotatable bonds is 7. The lowest BCUT2D eigenvalue weighted by Gasteiger charge is -2.16. The monoisotopic (exact) mass is 580 g/mol. The number of carbonyl (C=O) groups is 1. The van der Waals surface area contributed by atoms with E-state index in [1.165, 1.54) is 12.8 Å². The summed E-state index contributed by atoms with van der Waals surface area (Å²) >= 11 is 5.88. The van der Waals surface area contributed by atoms with Crippen molar-refractivity contribution in [3.8, 4) is 5.69 Å². The number of nitrogens with one attached hydrogen (secondary N) is 2. The standard InChI is InChI=1S/C22H22BrIN4O2/c1-13-9-14(2)28(26-13)21-11-20(25-17-7-5-16(24)6-8-17)18(10-19(21)23)22(29)27-30-12-15-3-4-15/h5-11,15,25H,3-4,12H2,1-2H3,(H,27,29). The molecule has 0 spiro atoms. The first-order valence-corrected chi connectivity index (χ1v) is 11.6. The van der Waals surface area contributed by atoms with Gasteiger partial charge in [0.2, 0.25) is 0 Å². The van der Waals surface area contributed by atoms with Crippen LogP contribution in [0.1, 0.15) is 34.6 Å². The van der Waals surface area contributed by atoms with Gasteiger partial charge in [0.15, 0.2) is 0 Å². The van der Waals surface area contributed by atoms with E-state index >= 15 is 0 Å². The molecule has 156 valence electrons. The van der Waals surface area contributed by atoms with E-state index in [1.54, 1.807) is 6.07 Å². The molecule has 0 unspecified atom stereocenters. The van der Waals surface area contributed by atoms with Gasteiger partial charge in [-0.3, -0.25) is 9.63 Å². The van der Waals surface area contributed by atoms with Crippen LogP contribution in [-0.2, 0) is 4.84 Å². The quantitative estimate of drug-likeness (QED) is 0.279. The van der Waals surface area contributed by atoms with Crippen molar-refractivity contribution in [2.75, 3.05) is 11.9 Å². The Bertz CT molecular complexity index is 1080. The first-order valence-electron chi connectivity index (χ1n) is 9.72. The molecule has 1 aliphatic rings. The zero-order chi connectivity index (χ0) is 21.3. The zero-order valence-corrected chi connectivity index (χ0v) is 20.5. The van der Waals surface area contributed by atoms with E-state index in [0.29, 0.717) is 23.8 Å². The highest BCUT2D eigenvalue weighted by molar-refractivity contribution is 14.1. The fraction of sp³-hybridized carbons (Fsp3) is 0.273. The Morgan fingerprint density at radius 2 is 1.97 bits per heavy atom. The normalized spacial score (nSPS) is 13.3. The highest BCUT2D eigenvalue weighted by atomic mass is 127. The molecule has 30 heavy (non-hydrogen) atoms. The summed E-state index contributed by atoms with van der Waals surface area (Å²) in [7, 11) is 0. The minimum Gasteiger partial charge on any atom is -0.355 e. The third kappa shape index (κ3) is 5.04. The van der Waals surface area contributed by atoms with E-state index in [2.05, 4.69) is 54.4 Å². The number of nitrogens with zero attached hydrogens (tertiary/aromatic N) is 2. The van der Waals surface area contributed by atoms with Gasteiger partial charge in [-0.1, -0.05) is 0 Å². The Morgan fingerprint density at radius 1 is 1.23 bits per heavy atom. The van der Waals surface area contributed by atoms with Crippen molar-refractivity contribution in [1.29, 1.82) is 0 Å². The van der Waals surface area contributed by atoms with Crippen LogP contribution in [0.25, 0.3) is 5.69 Å². The number of anilines is 2. The van der Waals surface area contributed by atoms with Crippen molar-refractivity contribution >= 4 is 55.8 Å². The summed E-state index contributed by atoms with van der Waals surface area (Å²) in [6.45, 7) is 4.52. The summed E-state index contributed by atoms with van der Waals surface area (Å²) < 4.78 is 3.78. The fourth-order valence-electron chi connectivity index (χ4n) is 3.14. The summed E-state index contributed by atoms with van der Waals surface area (Å²) in [4.78, 5) is 18.3. The number of halogens is 2. The lowest BCUT2D eigenvalue weighted by molar-refractivity contribution is 0.0271. The maximum absolute atomic E-state index is 12.9. The van der Waals surface area contributed by atoms with Gasteiger partial charge >= 0.3 is 0 Å². The highest BCUT2D eigenvalue weighted by Gasteiger charge is 2.23. The Hall–Kier alpha value is -1.91. The number of aryl methyl sites for hydroxylation is 2. The van der Waals surface area contributed by atoms with E-state index < -0.39 is 0 Å². The summed E-state index contributed by atoms with van der Waals surface area (Å²) in [5, 5.41) is 7.96. The Kier molecular flexibility index (Phi) is 6.45. The van der Waals surface area contributed by atoms with Gasteiger partial charge in [-0.25, -0.2) is 10.2 Å². The summed E-state index contributed by atoms with van der Waals surface area (Å²) in [6.07, 6.45) is 2.33. The van der Waals surface area contributed by atoms with Crippen molar-refractivity contribution in [2.45, 2.75) is 26.7 Å². The first kappa shape index (κ1) is 21.3. The smallest absolute Gasteiger partial charge is 0.276 e. The molecule has 3 aromatic rings. The SMILES string of the molecule is Cc1cc(C)n(-c2cc(Nc3ccc(I)cc3)c(C(=O)NOCC3CC3)cc2Br)n1. The number of hydrogen-bond donors (Lipinski definition) is 2. The molecule has 1 aromatic heterocycles. The molecule has 1 fully saturated rings. The van der Waals surface area contributed by atoms with Crippen LogP contribution in [0.15, 0.2) is 46.9 Å². The van der Waals surface area contributed by atoms with Crippen LogP contribution in [0.2, 0.25) is 0 Å². The molecule has 1 heterocycles. The second kappa shape index (κ2) is 9.07. The molecule has 0 aliphatic heterocycles. The van der Waals surface area contributed by atoms with Crippen molar-refractivity contribution in [2.24, 2.45) is 5.92 Å². The predicted molar refractivity (Wildman–Crippen MR) is 129 cm³/mol. The highest BCUT2D eigenvalue weighted by Crippen LogP contribution is 2.32. The molecule has 0 radical (unpaired) electrons. The van der Waals surface area contributed by atoms with E-state index in [9.17, 15) is 4.79 Å². The Labute approximate surface area is 197 Å². The van der Waals surface area contributed by atoms with Gasteiger partial charge in [-0.15, -0.1) is 0 Å². The van der Waals surface area contributed by atoms with Gasteiger partial charge in [0.25, 0.3) is 5.91 Å². The largest absolute Gasteiger partial charge is 0.355 e. The fourth-order valence-corrected chi connectivity index (χ4v) is 4.01. The minimum atomic E-state index is -0.288. The molecule has 0 bridgehead atoms. The average molecular weight is 581 g/mol. The second-order valence-corrected chi connectivity index (χ2v) is 9.61. The van der Waals surface area contributed by atoms with Crippen LogP contribution in [0, 0.1) is 23.3 Å². The number of benzene rings is 2. The molecule has 6 nitrogen and oxygen atoms in total. The Morgan fingerprint density at radius 3 is 2.60 bits per heavy atom. The predicted octanol–water partition coefficient (Wildman–Crippen LogP) is 5.67. The molecule has 1 amide bonds. The van der Waals surface area contributed by atoms with E-state index in [-0.39, 0.29) is 5.91 Å². The van der Waals surface area contributed by atoms with E-state index in [0.717, 1.165) is 30.8 Å². The average Bonchev–Trinajstić information content (AvgIpc) is 3.47. The zero-order valence-electron chi connectivity index (χ0n) is 16.7. The number of hydrogen-bond acceptors (Lipinski definition) is 4. The Balaban J connectivity index is 1.69. The van der Waals surface area contributed by atoms with Crippen LogP contribution >= 0.6 is 38.5 Å². The maximum atomic E-state index is 12.9. The van der Waals surface area contributed by atoms with Gasteiger partial charge in [-0.05, 0) is 114 Å². The molecule has 0 atom stereocenters. The van der Waals surface area contributed by atoms with E-state index in [4.69, 9.17) is 4.84 Å². The molecular weight excluding hydrogens is 559 g/mol. The molecule has 2 N–H and O–H groups in total. The van der Waals surface area contributed by atoms with Crippen molar-refractivity contribution in [3.63, 3.8) is 0 Å². The van der Waals surface area contributed by atoms with Crippen LogP contribution < -0.4 is 10.8 Å². The third-order valence-corrected chi connectivity index (χ3v) is 6.23.